The van der Waals surface area contributed by atoms with Crippen molar-refractivity contribution in [2.24, 2.45) is 0 Å². The van der Waals surface area contributed by atoms with Crippen molar-refractivity contribution in [3.63, 3.8) is 0 Å². The van der Waals surface area contributed by atoms with Gasteiger partial charge in [-0.05, 0) is 31.0 Å². The van der Waals surface area contributed by atoms with Gasteiger partial charge in [-0.2, -0.15) is 15.4 Å². The van der Waals surface area contributed by atoms with E-state index in [1.165, 1.54) is 0 Å². The van der Waals surface area contributed by atoms with E-state index in [2.05, 4.69) is 20.7 Å². The molecule has 21 heavy (non-hydrogen) atoms. The predicted octanol–water partition coefficient (Wildman–Crippen LogP) is 0.567. The van der Waals surface area contributed by atoms with Crippen LogP contribution < -0.4 is 5.32 Å². The quantitative estimate of drug-likeness (QED) is 0.642. The number of methoxy groups -OCH3 is 1. The first-order valence-corrected chi connectivity index (χ1v) is 6.45. The summed E-state index contributed by atoms with van der Waals surface area (Å²) in [6.45, 7) is 0.449. The summed E-state index contributed by atoms with van der Waals surface area (Å²) in [4.78, 5) is 23.2. The maximum atomic E-state index is 12.1. The number of amides is 1. The van der Waals surface area contributed by atoms with Crippen molar-refractivity contribution in [1.29, 1.82) is 0 Å². The zero-order valence-corrected chi connectivity index (χ0v) is 11.5. The number of carbonyl (C=O) groups is 2. The molecule has 1 aromatic heterocycles. The largest absolute Gasteiger partial charge is 0.480 e. The molecule has 0 aliphatic carbocycles. The molecule has 0 radical (unpaired) electrons. The number of aromatic amines is 1. The third-order valence-electron chi connectivity index (χ3n) is 3.02. The second-order valence-corrected chi connectivity index (χ2v) is 4.53. The van der Waals surface area contributed by atoms with Crippen molar-refractivity contribution in [3.05, 3.63) is 23.8 Å². The first-order valence-electron chi connectivity index (χ1n) is 6.45. The van der Waals surface area contributed by atoms with E-state index in [9.17, 15) is 9.59 Å². The minimum Gasteiger partial charge on any atom is -0.480 e. The van der Waals surface area contributed by atoms with Crippen molar-refractivity contribution >= 4 is 22.9 Å². The van der Waals surface area contributed by atoms with E-state index in [0.717, 1.165) is 0 Å². The number of nitrogens with one attached hydrogen (secondary N) is 2. The lowest BCUT2D eigenvalue weighted by molar-refractivity contribution is -0.139. The third-order valence-corrected chi connectivity index (χ3v) is 3.02. The normalized spacial score (nSPS) is 12.2. The smallest absolute Gasteiger partial charge is 0.326 e. The highest BCUT2D eigenvalue weighted by Crippen LogP contribution is 2.11. The van der Waals surface area contributed by atoms with Crippen LogP contribution in [-0.2, 0) is 9.53 Å². The maximum absolute atomic E-state index is 12.1. The van der Waals surface area contributed by atoms with Gasteiger partial charge >= 0.3 is 5.97 Å². The predicted molar refractivity (Wildman–Crippen MR) is 73.9 cm³/mol. The number of H-pyrrole nitrogens is 1. The van der Waals surface area contributed by atoms with Crippen molar-refractivity contribution < 1.29 is 19.4 Å². The van der Waals surface area contributed by atoms with E-state index >= 15 is 0 Å². The van der Waals surface area contributed by atoms with Crippen molar-refractivity contribution in [2.45, 2.75) is 18.9 Å². The number of hydrogen-bond acceptors (Lipinski definition) is 5. The number of fused-ring (bicyclic) bond motifs is 1. The fourth-order valence-corrected chi connectivity index (χ4v) is 1.91. The summed E-state index contributed by atoms with van der Waals surface area (Å²) in [5, 5.41) is 21.8. The van der Waals surface area contributed by atoms with Gasteiger partial charge in [0.1, 0.15) is 17.1 Å². The number of carboxylic acids is 1. The van der Waals surface area contributed by atoms with E-state index in [1.807, 2.05) is 0 Å². The topological polar surface area (TPSA) is 117 Å². The van der Waals surface area contributed by atoms with Gasteiger partial charge in [-0.25, -0.2) is 4.79 Å². The molecule has 112 valence electrons. The third kappa shape index (κ3) is 3.76. The zero-order chi connectivity index (χ0) is 15.2. The summed E-state index contributed by atoms with van der Waals surface area (Å²) in [5.41, 5.74) is 1.53. The molecule has 0 spiro atoms. The molecule has 1 amide bonds. The Morgan fingerprint density at radius 2 is 2.14 bits per heavy atom. The fourth-order valence-electron chi connectivity index (χ4n) is 1.91. The molecule has 0 saturated carbocycles. The number of aliphatic carboxylic acids is 1. The first kappa shape index (κ1) is 14.9. The Bertz CT molecular complexity index is 640. The molecule has 1 atom stereocenters. The van der Waals surface area contributed by atoms with Crippen molar-refractivity contribution in [2.75, 3.05) is 13.7 Å². The number of benzene rings is 1. The summed E-state index contributed by atoms with van der Waals surface area (Å²) < 4.78 is 4.88. The van der Waals surface area contributed by atoms with Crippen LogP contribution in [0.1, 0.15) is 23.2 Å². The van der Waals surface area contributed by atoms with Crippen molar-refractivity contribution in [1.82, 2.24) is 20.7 Å². The van der Waals surface area contributed by atoms with E-state index in [1.54, 1.807) is 25.3 Å². The highest BCUT2D eigenvalue weighted by molar-refractivity contribution is 5.98. The second kappa shape index (κ2) is 6.80. The van der Waals surface area contributed by atoms with Crippen LogP contribution in [0.25, 0.3) is 11.0 Å². The van der Waals surface area contributed by atoms with E-state index < -0.39 is 17.9 Å². The number of carbonyl (C=O) groups excluding carboxylic acids is 1. The Hall–Kier alpha value is -2.48. The van der Waals surface area contributed by atoms with E-state index in [-0.39, 0.29) is 0 Å². The van der Waals surface area contributed by atoms with Crippen LogP contribution in [0.5, 0.6) is 0 Å². The molecular weight excluding hydrogens is 276 g/mol. The second-order valence-electron chi connectivity index (χ2n) is 4.53. The number of nitrogens with zero attached hydrogens (tertiary/aromatic N) is 2. The average Bonchev–Trinajstić information content (AvgIpc) is 2.93. The van der Waals surface area contributed by atoms with Crippen LogP contribution in [-0.4, -0.2) is 52.2 Å². The molecule has 0 fully saturated rings. The highest BCUT2D eigenvalue weighted by atomic mass is 16.5. The molecule has 1 heterocycles. The standard InChI is InChI=1S/C13H16N4O4/c1-21-6-2-3-10(13(19)20)14-12(18)8-4-5-9-11(7-8)16-17-15-9/h4-5,7,10H,2-3,6H2,1H3,(H,14,18)(H,19,20)(H,15,16,17). The molecule has 0 bridgehead atoms. The summed E-state index contributed by atoms with van der Waals surface area (Å²) in [5.74, 6) is -1.52. The van der Waals surface area contributed by atoms with Gasteiger partial charge in [0.2, 0.25) is 0 Å². The lowest BCUT2D eigenvalue weighted by Gasteiger charge is -2.14. The zero-order valence-electron chi connectivity index (χ0n) is 11.5. The van der Waals surface area contributed by atoms with Gasteiger partial charge in [-0.15, -0.1) is 0 Å². The number of rotatable bonds is 7. The highest BCUT2D eigenvalue weighted by Gasteiger charge is 2.20. The molecular formula is C13H16N4O4. The minimum atomic E-state index is -1.07. The molecule has 2 rings (SSSR count). The number of aromatic nitrogens is 3. The van der Waals surface area contributed by atoms with Crippen LogP contribution in [0.2, 0.25) is 0 Å². The van der Waals surface area contributed by atoms with Gasteiger partial charge in [0.25, 0.3) is 5.91 Å². The number of ether oxygens (including phenoxy) is 1. The Morgan fingerprint density at radius 1 is 1.38 bits per heavy atom. The van der Waals surface area contributed by atoms with Crippen molar-refractivity contribution in [3.8, 4) is 0 Å². The minimum absolute atomic E-state index is 0.307. The molecule has 3 N–H and O–H groups in total. The van der Waals surface area contributed by atoms with Crippen LogP contribution >= 0.6 is 0 Å². The van der Waals surface area contributed by atoms with E-state index in [0.29, 0.717) is 36.0 Å². The number of hydrogen-bond donors (Lipinski definition) is 3. The Kier molecular flexibility index (Phi) is 4.83. The molecule has 8 heteroatoms. The average molecular weight is 292 g/mol. The molecule has 1 aromatic carbocycles. The Labute approximate surface area is 120 Å². The molecule has 1 unspecified atom stereocenters. The van der Waals surface area contributed by atoms with Crippen LogP contribution in [0.4, 0.5) is 0 Å². The Balaban J connectivity index is 2.05. The van der Waals surface area contributed by atoms with Crippen LogP contribution in [0.3, 0.4) is 0 Å². The number of carboxylic acid groups (broad SMARTS) is 1. The van der Waals surface area contributed by atoms with E-state index in [4.69, 9.17) is 9.84 Å². The van der Waals surface area contributed by atoms with Crippen LogP contribution in [0, 0.1) is 0 Å². The molecule has 0 saturated heterocycles. The van der Waals surface area contributed by atoms with Crippen LogP contribution in [0.15, 0.2) is 18.2 Å². The van der Waals surface area contributed by atoms with Gasteiger partial charge in [-0.1, -0.05) is 0 Å². The SMILES string of the molecule is COCCCC(NC(=O)c1ccc2n[nH]nc2c1)C(=O)O. The summed E-state index contributed by atoms with van der Waals surface area (Å²) in [6, 6.07) is 3.84. The van der Waals surface area contributed by atoms with Gasteiger partial charge in [0, 0.05) is 19.3 Å². The first-order chi connectivity index (χ1) is 10.1. The van der Waals surface area contributed by atoms with Gasteiger partial charge in [0.15, 0.2) is 0 Å². The molecule has 0 aliphatic heterocycles. The van der Waals surface area contributed by atoms with Gasteiger partial charge in [-0.3, -0.25) is 4.79 Å². The maximum Gasteiger partial charge on any atom is 0.326 e. The van der Waals surface area contributed by atoms with Gasteiger partial charge < -0.3 is 15.2 Å². The van der Waals surface area contributed by atoms with Gasteiger partial charge in [0.05, 0.1) is 0 Å². The molecule has 2 aromatic rings. The molecule has 8 nitrogen and oxygen atoms in total. The summed E-state index contributed by atoms with van der Waals surface area (Å²) in [6.07, 6.45) is 0.858. The Morgan fingerprint density at radius 3 is 2.86 bits per heavy atom. The monoisotopic (exact) mass is 292 g/mol. The fraction of sp³-hybridized carbons (Fsp3) is 0.385. The summed E-state index contributed by atoms with van der Waals surface area (Å²) >= 11 is 0. The summed E-state index contributed by atoms with van der Waals surface area (Å²) in [7, 11) is 1.54. The lowest BCUT2D eigenvalue weighted by Crippen LogP contribution is -2.40. The molecule has 0 aliphatic rings. The lowest BCUT2D eigenvalue weighted by atomic mass is 10.1.